The Morgan fingerprint density at radius 1 is 1.10 bits per heavy atom. The molecule has 0 unspecified atom stereocenters. The van der Waals surface area contributed by atoms with Crippen molar-refractivity contribution in [1.82, 2.24) is 5.32 Å². The van der Waals surface area contributed by atoms with Gasteiger partial charge in [0.1, 0.15) is 0 Å². The summed E-state index contributed by atoms with van der Waals surface area (Å²) in [6, 6.07) is 5.94. The van der Waals surface area contributed by atoms with Gasteiger partial charge in [0.2, 0.25) is 0 Å². The van der Waals surface area contributed by atoms with Gasteiger partial charge >= 0.3 is 0 Å². The monoisotopic (exact) mass is 281 g/mol. The zero-order valence-electron chi connectivity index (χ0n) is 13.1. The molecule has 0 amide bonds. The van der Waals surface area contributed by atoms with Gasteiger partial charge in [-0.15, -0.1) is 0 Å². The molecule has 4 nitrogen and oxygen atoms in total. The number of para-hydroxylation sites is 1. The van der Waals surface area contributed by atoms with Crippen molar-refractivity contribution in [1.29, 1.82) is 0 Å². The Labute approximate surface area is 122 Å². The van der Waals surface area contributed by atoms with Crippen molar-refractivity contribution in [3.8, 4) is 11.5 Å². The molecule has 0 heterocycles. The second-order valence-electron chi connectivity index (χ2n) is 4.96. The summed E-state index contributed by atoms with van der Waals surface area (Å²) < 4.78 is 16.2. The summed E-state index contributed by atoms with van der Waals surface area (Å²) in [5.41, 5.74) is 1.12. The van der Waals surface area contributed by atoms with Gasteiger partial charge in [0.15, 0.2) is 11.5 Å². The van der Waals surface area contributed by atoms with Gasteiger partial charge in [0, 0.05) is 18.7 Å². The number of methoxy groups -OCH3 is 2. The van der Waals surface area contributed by atoms with Gasteiger partial charge in [0.05, 0.1) is 20.3 Å². The summed E-state index contributed by atoms with van der Waals surface area (Å²) in [5, 5.41) is 3.42. The molecule has 0 aliphatic heterocycles. The fraction of sp³-hybridized carbons (Fsp3) is 0.625. The van der Waals surface area contributed by atoms with Crippen molar-refractivity contribution in [3.63, 3.8) is 0 Å². The molecular formula is C16H27NO3. The van der Waals surface area contributed by atoms with Gasteiger partial charge in [-0.25, -0.2) is 0 Å². The van der Waals surface area contributed by atoms with Crippen molar-refractivity contribution in [2.24, 2.45) is 0 Å². The summed E-state index contributed by atoms with van der Waals surface area (Å²) in [6.45, 7) is 6.72. The van der Waals surface area contributed by atoms with Gasteiger partial charge in [-0.3, -0.25) is 0 Å². The first-order valence-electron chi connectivity index (χ1n) is 7.21. The number of nitrogens with one attached hydrogen (secondary N) is 1. The molecule has 1 aromatic carbocycles. The third kappa shape index (κ3) is 5.80. The predicted octanol–water partition coefficient (Wildman–Crippen LogP) is 3.00. The number of hydrogen-bond acceptors (Lipinski definition) is 4. The number of ether oxygens (including phenoxy) is 3. The van der Waals surface area contributed by atoms with Crippen LogP contribution in [0.5, 0.6) is 11.5 Å². The van der Waals surface area contributed by atoms with E-state index in [-0.39, 0.29) is 0 Å². The van der Waals surface area contributed by atoms with Crippen LogP contribution in [-0.2, 0) is 11.3 Å². The summed E-state index contributed by atoms with van der Waals surface area (Å²) in [5.74, 6) is 1.59. The van der Waals surface area contributed by atoms with Crippen LogP contribution in [0.25, 0.3) is 0 Å². The smallest absolute Gasteiger partial charge is 0.165 e. The third-order valence-corrected chi connectivity index (χ3v) is 3.00. The summed E-state index contributed by atoms with van der Waals surface area (Å²) >= 11 is 0. The zero-order chi connectivity index (χ0) is 14.8. The van der Waals surface area contributed by atoms with Gasteiger partial charge in [-0.1, -0.05) is 12.1 Å². The first kappa shape index (κ1) is 16.8. The summed E-state index contributed by atoms with van der Waals surface area (Å²) in [6.07, 6.45) is 2.52. The maximum atomic E-state index is 5.51. The molecule has 0 radical (unpaired) electrons. The van der Waals surface area contributed by atoms with Gasteiger partial charge in [0.25, 0.3) is 0 Å². The molecule has 0 spiro atoms. The normalized spacial score (nSPS) is 10.8. The van der Waals surface area contributed by atoms with E-state index in [1.807, 2.05) is 12.1 Å². The molecule has 0 fully saturated rings. The van der Waals surface area contributed by atoms with Crippen LogP contribution in [0.15, 0.2) is 18.2 Å². The Kier molecular flexibility index (Phi) is 8.07. The number of hydrogen-bond donors (Lipinski definition) is 1. The lowest BCUT2D eigenvalue weighted by atomic mass is 10.2. The van der Waals surface area contributed by atoms with E-state index in [2.05, 4.69) is 25.2 Å². The van der Waals surface area contributed by atoms with Crippen LogP contribution in [0.2, 0.25) is 0 Å². The van der Waals surface area contributed by atoms with Crippen LogP contribution in [0.1, 0.15) is 32.3 Å². The first-order valence-corrected chi connectivity index (χ1v) is 7.21. The third-order valence-electron chi connectivity index (χ3n) is 3.00. The molecule has 0 aromatic heterocycles. The molecule has 1 rings (SSSR count). The van der Waals surface area contributed by atoms with Crippen LogP contribution in [0.4, 0.5) is 0 Å². The Bertz CT molecular complexity index is 380. The Hall–Kier alpha value is -1.26. The lowest BCUT2D eigenvalue weighted by Crippen LogP contribution is -2.16. The highest BCUT2D eigenvalue weighted by atomic mass is 16.5. The van der Waals surface area contributed by atoms with E-state index in [1.54, 1.807) is 14.2 Å². The topological polar surface area (TPSA) is 39.7 Å². The number of unbranched alkanes of at least 4 members (excludes halogenated alkanes) is 1. The van der Waals surface area contributed by atoms with E-state index < -0.39 is 0 Å². The van der Waals surface area contributed by atoms with E-state index >= 15 is 0 Å². The zero-order valence-corrected chi connectivity index (χ0v) is 13.1. The van der Waals surface area contributed by atoms with E-state index in [0.29, 0.717) is 6.10 Å². The molecule has 0 aliphatic rings. The highest BCUT2D eigenvalue weighted by Crippen LogP contribution is 2.30. The average molecular weight is 281 g/mol. The van der Waals surface area contributed by atoms with E-state index in [0.717, 1.165) is 49.6 Å². The van der Waals surface area contributed by atoms with Crippen LogP contribution in [-0.4, -0.2) is 33.5 Å². The predicted molar refractivity (Wildman–Crippen MR) is 81.6 cm³/mol. The second kappa shape index (κ2) is 9.61. The fourth-order valence-corrected chi connectivity index (χ4v) is 1.99. The largest absolute Gasteiger partial charge is 0.493 e. The highest BCUT2D eigenvalue weighted by Gasteiger charge is 2.08. The van der Waals surface area contributed by atoms with Gasteiger partial charge in [-0.2, -0.15) is 0 Å². The lowest BCUT2D eigenvalue weighted by Gasteiger charge is -2.13. The van der Waals surface area contributed by atoms with E-state index in [1.165, 1.54) is 0 Å². The van der Waals surface area contributed by atoms with Crippen LogP contribution < -0.4 is 14.8 Å². The summed E-state index contributed by atoms with van der Waals surface area (Å²) in [7, 11) is 3.33. The van der Waals surface area contributed by atoms with Crippen molar-refractivity contribution in [2.45, 2.75) is 39.3 Å². The molecule has 0 saturated heterocycles. The van der Waals surface area contributed by atoms with Gasteiger partial charge in [-0.05, 0) is 39.3 Å². The van der Waals surface area contributed by atoms with Crippen molar-refractivity contribution >= 4 is 0 Å². The van der Waals surface area contributed by atoms with Crippen molar-refractivity contribution in [3.05, 3.63) is 23.8 Å². The van der Waals surface area contributed by atoms with Crippen LogP contribution in [0, 0.1) is 0 Å². The standard InChI is InChI=1S/C16H27NO3/c1-13(2)20-11-6-5-10-17-12-14-8-7-9-15(18-3)16(14)19-4/h7-9,13,17H,5-6,10-12H2,1-4H3. The quantitative estimate of drug-likeness (QED) is 0.669. The lowest BCUT2D eigenvalue weighted by molar-refractivity contribution is 0.0760. The van der Waals surface area contributed by atoms with Crippen molar-refractivity contribution < 1.29 is 14.2 Å². The first-order chi connectivity index (χ1) is 9.69. The second-order valence-corrected chi connectivity index (χ2v) is 4.96. The molecule has 20 heavy (non-hydrogen) atoms. The fourth-order valence-electron chi connectivity index (χ4n) is 1.99. The minimum absolute atomic E-state index is 0.323. The van der Waals surface area contributed by atoms with E-state index in [4.69, 9.17) is 14.2 Å². The van der Waals surface area contributed by atoms with Crippen molar-refractivity contribution in [2.75, 3.05) is 27.4 Å². The molecule has 0 atom stereocenters. The molecule has 114 valence electrons. The molecule has 0 saturated carbocycles. The molecule has 1 N–H and O–H groups in total. The minimum atomic E-state index is 0.323. The SMILES string of the molecule is COc1cccc(CNCCCCOC(C)C)c1OC. The molecule has 4 heteroatoms. The maximum absolute atomic E-state index is 5.51. The average Bonchev–Trinajstić information content (AvgIpc) is 2.45. The summed E-state index contributed by atoms with van der Waals surface area (Å²) in [4.78, 5) is 0. The maximum Gasteiger partial charge on any atom is 0.165 e. The molecule has 0 aliphatic carbocycles. The number of rotatable bonds is 10. The highest BCUT2D eigenvalue weighted by molar-refractivity contribution is 5.46. The minimum Gasteiger partial charge on any atom is -0.493 e. The van der Waals surface area contributed by atoms with Gasteiger partial charge < -0.3 is 19.5 Å². The molecular weight excluding hydrogens is 254 g/mol. The van der Waals surface area contributed by atoms with Crippen LogP contribution in [0.3, 0.4) is 0 Å². The Morgan fingerprint density at radius 3 is 2.55 bits per heavy atom. The van der Waals surface area contributed by atoms with E-state index in [9.17, 15) is 0 Å². The number of benzene rings is 1. The van der Waals surface area contributed by atoms with Crippen LogP contribution >= 0.6 is 0 Å². The Balaban J connectivity index is 2.28. The Morgan fingerprint density at radius 2 is 1.90 bits per heavy atom. The molecule has 1 aromatic rings. The molecule has 0 bridgehead atoms.